The molecule has 0 radical (unpaired) electrons. The summed E-state index contributed by atoms with van der Waals surface area (Å²) in [6.45, 7) is 5.01. The molecule has 1 aliphatic rings. The van der Waals surface area contributed by atoms with E-state index in [1.807, 2.05) is 32.0 Å². The van der Waals surface area contributed by atoms with Crippen LogP contribution in [0.25, 0.3) is 0 Å². The van der Waals surface area contributed by atoms with Gasteiger partial charge in [0.15, 0.2) is 16.6 Å². The first-order valence-electron chi connectivity index (χ1n) is 7.62. The third-order valence-electron chi connectivity index (χ3n) is 3.66. The molecule has 5 nitrogen and oxygen atoms in total. The minimum atomic E-state index is -0.297. The predicted octanol–water partition coefficient (Wildman–Crippen LogP) is 3.20. The van der Waals surface area contributed by atoms with Gasteiger partial charge in [0.1, 0.15) is 13.2 Å². The van der Waals surface area contributed by atoms with Gasteiger partial charge < -0.3 is 14.8 Å². The number of carbonyl (C=O) groups is 1. The van der Waals surface area contributed by atoms with Crippen molar-refractivity contribution in [2.45, 2.75) is 13.8 Å². The summed E-state index contributed by atoms with van der Waals surface area (Å²) in [4.78, 5) is 12.3. The van der Waals surface area contributed by atoms with E-state index in [1.54, 1.807) is 18.2 Å². The molecule has 0 unspecified atom stereocenters. The van der Waals surface area contributed by atoms with Crippen LogP contribution in [0.4, 0.5) is 5.69 Å². The van der Waals surface area contributed by atoms with Gasteiger partial charge in [-0.25, -0.2) is 0 Å². The molecule has 0 spiro atoms. The van der Waals surface area contributed by atoms with Crippen molar-refractivity contribution in [1.29, 1.82) is 0 Å². The number of hydrogen-bond acceptors (Lipinski definition) is 4. The Bertz CT molecular complexity index is 805. The van der Waals surface area contributed by atoms with Crippen molar-refractivity contribution in [3.8, 4) is 11.5 Å². The topological polar surface area (TPSA) is 59.6 Å². The third kappa shape index (κ3) is 3.65. The molecule has 2 aromatic carbocycles. The monoisotopic (exact) mass is 342 g/mol. The Labute approximate surface area is 146 Å². The second kappa shape index (κ2) is 6.88. The van der Waals surface area contributed by atoms with Crippen molar-refractivity contribution in [3.63, 3.8) is 0 Å². The highest BCUT2D eigenvalue weighted by Crippen LogP contribution is 2.30. The quantitative estimate of drug-likeness (QED) is 0.821. The normalized spacial score (nSPS) is 12.4. The molecule has 0 aliphatic carbocycles. The Morgan fingerprint density at radius 3 is 2.54 bits per heavy atom. The smallest absolute Gasteiger partial charge is 0.257 e. The molecule has 1 amide bonds. The predicted molar refractivity (Wildman–Crippen MR) is 97.0 cm³/mol. The summed E-state index contributed by atoms with van der Waals surface area (Å²) in [6.07, 6.45) is 0. The first kappa shape index (κ1) is 16.3. The Hall–Kier alpha value is -2.60. The zero-order chi connectivity index (χ0) is 17.1. The van der Waals surface area contributed by atoms with E-state index in [1.165, 1.54) is 5.56 Å². The van der Waals surface area contributed by atoms with Crippen LogP contribution in [-0.2, 0) is 0 Å². The van der Waals surface area contributed by atoms with E-state index in [-0.39, 0.29) is 11.0 Å². The average molecular weight is 342 g/mol. The number of fused-ring (bicyclic) bond motifs is 1. The number of nitrogens with one attached hydrogen (secondary N) is 2. The van der Waals surface area contributed by atoms with E-state index < -0.39 is 0 Å². The van der Waals surface area contributed by atoms with E-state index in [4.69, 9.17) is 21.7 Å². The lowest BCUT2D eigenvalue weighted by Gasteiger charge is -2.19. The molecule has 0 bridgehead atoms. The summed E-state index contributed by atoms with van der Waals surface area (Å²) in [5.74, 6) is 0.921. The summed E-state index contributed by atoms with van der Waals surface area (Å²) in [7, 11) is 0. The third-order valence-corrected chi connectivity index (χ3v) is 3.87. The number of carbonyl (C=O) groups excluding carboxylic acids is 1. The van der Waals surface area contributed by atoms with Crippen LogP contribution < -0.4 is 20.1 Å². The van der Waals surface area contributed by atoms with Crippen LogP contribution in [0.1, 0.15) is 21.5 Å². The van der Waals surface area contributed by atoms with Gasteiger partial charge in [-0.2, -0.15) is 0 Å². The van der Waals surface area contributed by atoms with Crippen LogP contribution in [0.15, 0.2) is 36.4 Å². The maximum absolute atomic E-state index is 12.3. The summed E-state index contributed by atoms with van der Waals surface area (Å²) in [5.41, 5.74) is 3.56. The molecule has 0 atom stereocenters. The zero-order valence-electron chi connectivity index (χ0n) is 13.5. The number of benzene rings is 2. The molecule has 0 saturated heterocycles. The largest absolute Gasteiger partial charge is 0.486 e. The van der Waals surface area contributed by atoms with E-state index in [2.05, 4.69) is 10.6 Å². The van der Waals surface area contributed by atoms with Crippen molar-refractivity contribution in [2.75, 3.05) is 18.5 Å². The van der Waals surface area contributed by atoms with Crippen molar-refractivity contribution in [2.24, 2.45) is 0 Å². The van der Waals surface area contributed by atoms with Gasteiger partial charge in [0.2, 0.25) is 0 Å². The molecule has 1 heterocycles. The van der Waals surface area contributed by atoms with Crippen LogP contribution in [0, 0.1) is 13.8 Å². The molecule has 124 valence electrons. The van der Waals surface area contributed by atoms with E-state index in [9.17, 15) is 4.79 Å². The van der Waals surface area contributed by atoms with E-state index in [0.29, 0.717) is 30.3 Å². The fourth-order valence-corrected chi connectivity index (χ4v) is 2.67. The molecule has 0 saturated carbocycles. The Morgan fingerprint density at radius 1 is 1.04 bits per heavy atom. The SMILES string of the molecule is Cc1ccc(NC(=S)NC(=O)c2ccc3c(c2)OCCO3)c(C)c1. The van der Waals surface area contributed by atoms with Gasteiger partial charge in [0.25, 0.3) is 5.91 Å². The van der Waals surface area contributed by atoms with Gasteiger partial charge in [-0.1, -0.05) is 17.7 Å². The molecule has 6 heteroatoms. The second-order valence-electron chi connectivity index (χ2n) is 5.59. The molecular formula is C18H18N2O3S. The summed E-state index contributed by atoms with van der Waals surface area (Å²) < 4.78 is 10.9. The Balaban J connectivity index is 1.67. The average Bonchev–Trinajstić information content (AvgIpc) is 2.57. The number of ether oxygens (including phenoxy) is 2. The number of anilines is 1. The molecule has 1 aliphatic heterocycles. The highest BCUT2D eigenvalue weighted by atomic mass is 32.1. The van der Waals surface area contributed by atoms with Gasteiger partial charge in [-0.3, -0.25) is 10.1 Å². The summed E-state index contributed by atoms with van der Waals surface area (Å²) >= 11 is 5.23. The fourth-order valence-electron chi connectivity index (χ4n) is 2.47. The van der Waals surface area contributed by atoms with E-state index in [0.717, 1.165) is 11.3 Å². The maximum Gasteiger partial charge on any atom is 0.257 e. The van der Waals surface area contributed by atoms with Crippen molar-refractivity contribution < 1.29 is 14.3 Å². The number of rotatable bonds is 2. The fraction of sp³-hybridized carbons (Fsp3) is 0.222. The number of thiocarbonyl (C=S) groups is 1. The van der Waals surface area contributed by atoms with E-state index >= 15 is 0 Å². The van der Waals surface area contributed by atoms with Crippen LogP contribution in [0.2, 0.25) is 0 Å². The molecular weight excluding hydrogens is 324 g/mol. The molecule has 3 rings (SSSR count). The molecule has 0 aromatic heterocycles. The van der Waals surface area contributed by atoms with Gasteiger partial charge in [0.05, 0.1) is 0 Å². The molecule has 2 N–H and O–H groups in total. The van der Waals surface area contributed by atoms with Crippen LogP contribution in [0.3, 0.4) is 0 Å². The van der Waals surface area contributed by atoms with Gasteiger partial charge in [-0.15, -0.1) is 0 Å². The molecule has 0 fully saturated rings. The minimum absolute atomic E-state index is 0.252. The van der Waals surface area contributed by atoms with Crippen molar-refractivity contribution >= 4 is 28.9 Å². The van der Waals surface area contributed by atoms with Crippen LogP contribution in [-0.4, -0.2) is 24.2 Å². The standard InChI is InChI=1S/C18H18N2O3S/c1-11-3-5-14(12(2)9-11)19-18(24)20-17(21)13-4-6-15-16(10-13)23-8-7-22-15/h3-6,9-10H,7-8H2,1-2H3,(H2,19,20,21,24). The van der Waals surface area contributed by atoms with Crippen molar-refractivity contribution in [1.82, 2.24) is 5.32 Å². The van der Waals surface area contributed by atoms with Gasteiger partial charge >= 0.3 is 0 Å². The zero-order valence-corrected chi connectivity index (χ0v) is 14.3. The molecule has 2 aromatic rings. The number of aryl methyl sites for hydroxylation is 2. The van der Waals surface area contributed by atoms with Crippen LogP contribution in [0.5, 0.6) is 11.5 Å². The molecule has 24 heavy (non-hydrogen) atoms. The lowest BCUT2D eigenvalue weighted by atomic mass is 10.1. The summed E-state index contributed by atoms with van der Waals surface area (Å²) in [5, 5.41) is 5.97. The Morgan fingerprint density at radius 2 is 1.79 bits per heavy atom. The lowest BCUT2D eigenvalue weighted by molar-refractivity contribution is 0.0976. The minimum Gasteiger partial charge on any atom is -0.486 e. The highest BCUT2D eigenvalue weighted by molar-refractivity contribution is 7.80. The first-order chi connectivity index (χ1) is 11.5. The number of amides is 1. The van der Waals surface area contributed by atoms with Crippen molar-refractivity contribution in [3.05, 3.63) is 53.1 Å². The van der Waals surface area contributed by atoms with Gasteiger partial charge in [-0.05, 0) is 55.9 Å². The van der Waals surface area contributed by atoms with Crippen LogP contribution >= 0.6 is 12.2 Å². The highest BCUT2D eigenvalue weighted by Gasteiger charge is 2.15. The lowest BCUT2D eigenvalue weighted by Crippen LogP contribution is -2.34. The first-order valence-corrected chi connectivity index (χ1v) is 8.03. The van der Waals surface area contributed by atoms with Gasteiger partial charge in [0, 0.05) is 11.3 Å². The second-order valence-corrected chi connectivity index (χ2v) is 5.99. The summed E-state index contributed by atoms with van der Waals surface area (Å²) in [6, 6.07) is 11.0. The maximum atomic E-state index is 12.3. The Kier molecular flexibility index (Phi) is 4.66. The number of hydrogen-bond donors (Lipinski definition) is 2.